The molecule has 1 aliphatic carbocycles. The Kier molecular flexibility index (Phi) is 11.1. The maximum atomic E-state index is 14.6. The van der Waals surface area contributed by atoms with Crippen LogP contribution in [-0.2, 0) is 6.42 Å². The minimum atomic E-state index is -0.312. The van der Waals surface area contributed by atoms with Crippen LogP contribution in [0.1, 0.15) is 103 Å². The summed E-state index contributed by atoms with van der Waals surface area (Å²) in [6.07, 6.45) is 18.1. The number of ether oxygens (including phenoxy) is 1. The molecule has 0 bridgehead atoms. The fourth-order valence-corrected chi connectivity index (χ4v) is 4.96. The standard InChI is InChI=1S/C29H43FN2O/c1-3-5-7-8-9-10-23-11-13-24(14-12-23)15-16-25-17-20-29(32-31-25)27-19-18-26(22-28(27)30)33-21-6-4-2/h17-20,22-24H,3-16,21H2,1-2H3. The minimum absolute atomic E-state index is 0.312. The lowest BCUT2D eigenvalue weighted by atomic mass is 9.78. The SMILES string of the molecule is CCCCCCCC1CCC(CCc2ccc(-c3ccc(OCCCC)cc3F)nn2)CC1. The van der Waals surface area contributed by atoms with Gasteiger partial charge in [0.1, 0.15) is 11.6 Å². The van der Waals surface area contributed by atoms with E-state index in [2.05, 4.69) is 24.0 Å². The van der Waals surface area contributed by atoms with Crippen molar-refractivity contribution in [1.82, 2.24) is 10.2 Å². The van der Waals surface area contributed by atoms with E-state index in [9.17, 15) is 4.39 Å². The fourth-order valence-electron chi connectivity index (χ4n) is 4.96. The summed E-state index contributed by atoms with van der Waals surface area (Å²) in [7, 11) is 0. The molecule has 33 heavy (non-hydrogen) atoms. The first-order chi connectivity index (χ1) is 16.2. The number of nitrogens with zero attached hydrogens (tertiary/aromatic N) is 2. The molecular formula is C29H43FN2O. The Balaban J connectivity index is 1.40. The first-order valence-electron chi connectivity index (χ1n) is 13.4. The summed E-state index contributed by atoms with van der Waals surface area (Å²) >= 11 is 0. The van der Waals surface area contributed by atoms with Gasteiger partial charge in [-0.05, 0) is 55.4 Å². The van der Waals surface area contributed by atoms with E-state index in [0.29, 0.717) is 23.6 Å². The zero-order valence-electron chi connectivity index (χ0n) is 20.8. The Morgan fingerprint density at radius 1 is 0.818 bits per heavy atom. The number of halogens is 1. The van der Waals surface area contributed by atoms with Crippen molar-refractivity contribution < 1.29 is 9.13 Å². The monoisotopic (exact) mass is 454 g/mol. The molecule has 1 heterocycles. The number of rotatable bonds is 14. The second kappa shape index (κ2) is 14.3. The van der Waals surface area contributed by atoms with Gasteiger partial charge in [-0.25, -0.2) is 4.39 Å². The molecule has 1 saturated carbocycles. The summed E-state index contributed by atoms with van der Waals surface area (Å²) in [5.74, 6) is 2.04. The van der Waals surface area contributed by atoms with Crippen LogP contribution in [0.15, 0.2) is 30.3 Å². The van der Waals surface area contributed by atoms with Gasteiger partial charge in [0.2, 0.25) is 0 Å². The third-order valence-electron chi connectivity index (χ3n) is 7.19. The van der Waals surface area contributed by atoms with E-state index in [-0.39, 0.29) is 5.82 Å². The van der Waals surface area contributed by atoms with Gasteiger partial charge in [0, 0.05) is 11.6 Å². The number of hydrogen-bond acceptors (Lipinski definition) is 3. The minimum Gasteiger partial charge on any atom is -0.493 e. The number of aryl methyl sites for hydroxylation is 1. The van der Waals surface area contributed by atoms with E-state index in [0.717, 1.165) is 36.8 Å². The van der Waals surface area contributed by atoms with Crippen LogP contribution in [0.2, 0.25) is 0 Å². The first kappa shape index (κ1) is 25.6. The van der Waals surface area contributed by atoms with Crippen LogP contribution in [0.5, 0.6) is 5.75 Å². The predicted octanol–water partition coefficient (Wildman–Crippen LogP) is 8.56. The molecular weight excluding hydrogens is 411 g/mol. The van der Waals surface area contributed by atoms with E-state index in [1.54, 1.807) is 6.07 Å². The van der Waals surface area contributed by atoms with Crippen molar-refractivity contribution in [1.29, 1.82) is 0 Å². The van der Waals surface area contributed by atoms with Crippen molar-refractivity contribution in [3.05, 3.63) is 41.8 Å². The Hall–Kier alpha value is -1.97. The second-order valence-electron chi connectivity index (χ2n) is 9.88. The lowest BCUT2D eigenvalue weighted by molar-refractivity contribution is 0.248. The van der Waals surface area contributed by atoms with Gasteiger partial charge in [-0.2, -0.15) is 10.2 Å². The lowest BCUT2D eigenvalue weighted by Gasteiger charge is -2.28. The van der Waals surface area contributed by atoms with E-state index in [4.69, 9.17) is 4.74 Å². The van der Waals surface area contributed by atoms with Crippen LogP contribution in [-0.4, -0.2) is 16.8 Å². The van der Waals surface area contributed by atoms with Crippen molar-refractivity contribution in [2.24, 2.45) is 11.8 Å². The molecule has 0 atom stereocenters. The van der Waals surface area contributed by atoms with Crippen molar-refractivity contribution in [2.75, 3.05) is 6.61 Å². The normalized spacial score (nSPS) is 18.4. The highest BCUT2D eigenvalue weighted by Crippen LogP contribution is 2.34. The second-order valence-corrected chi connectivity index (χ2v) is 9.88. The third-order valence-corrected chi connectivity index (χ3v) is 7.19. The summed E-state index contributed by atoms with van der Waals surface area (Å²) in [5.41, 5.74) is 2.07. The zero-order chi connectivity index (χ0) is 23.3. The first-order valence-corrected chi connectivity index (χ1v) is 13.4. The predicted molar refractivity (Wildman–Crippen MR) is 135 cm³/mol. The molecule has 3 rings (SSSR count). The molecule has 1 aromatic carbocycles. The molecule has 3 nitrogen and oxygen atoms in total. The molecule has 0 spiro atoms. The molecule has 0 amide bonds. The molecule has 1 aliphatic rings. The molecule has 0 saturated heterocycles. The van der Waals surface area contributed by atoms with E-state index in [1.165, 1.54) is 76.7 Å². The Bertz CT molecular complexity index is 800. The number of benzene rings is 1. The molecule has 4 heteroatoms. The van der Waals surface area contributed by atoms with Crippen LogP contribution < -0.4 is 4.74 Å². The van der Waals surface area contributed by atoms with Gasteiger partial charge >= 0.3 is 0 Å². The van der Waals surface area contributed by atoms with Gasteiger partial charge in [-0.3, -0.25) is 0 Å². The highest BCUT2D eigenvalue weighted by molar-refractivity contribution is 5.60. The van der Waals surface area contributed by atoms with Crippen LogP contribution in [0, 0.1) is 17.7 Å². The van der Waals surface area contributed by atoms with Crippen LogP contribution in [0.3, 0.4) is 0 Å². The molecule has 0 unspecified atom stereocenters. The van der Waals surface area contributed by atoms with Crippen molar-refractivity contribution in [2.45, 2.75) is 104 Å². The van der Waals surface area contributed by atoms with Crippen molar-refractivity contribution in [3.8, 4) is 17.0 Å². The Morgan fingerprint density at radius 3 is 2.21 bits per heavy atom. The highest BCUT2D eigenvalue weighted by Gasteiger charge is 2.21. The average Bonchev–Trinajstić information content (AvgIpc) is 2.84. The van der Waals surface area contributed by atoms with E-state index in [1.807, 2.05) is 18.2 Å². The average molecular weight is 455 g/mol. The van der Waals surface area contributed by atoms with Gasteiger partial charge in [0.05, 0.1) is 18.0 Å². The Morgan fingerprint density at radius 2 is 1.55 bits per heavy atom. The maximum absolute atomic E-state index is 14.6. The lowest BCUT2D eigenvalue weighted by Crippen LogP contribution is -2.15. The fraction of sp³-hybridized carbons (Fsp3) is 0.655. The number of unbranched alkanes of at least 4 members (excludes halogenated alkanes) is 5. The van der Waals surface area contributed by atoms with Crippen LogP contribution >= 0.6 is 0 Å². The molecule has 1 aromatic heterocycles. The number of aromatic nitrogens is 2. The van der Waals surface area contributed by atoms with Crippen LogP contribution in [0.25, 0.3) is 11.3 Å². The number of hydrogen-bond donors (Lipinski definition) is 0. The smallest absolute Gasteiger partial charge is 0.136 e. The largest absolute Gasteiger partial charge is 0.493 e. The van der Waals surface area contributed by atoms with Crippen LogP contribution in [0.4, 0.5) is 4.39 Å². The molecule has 182 valence electrons. The van der Waals surface area contributed by atoms with Gasteiger partial charge in [-0.15, -0.1) is 0 Å². The summed E-state index contributed by atoms with van der Waals surface area (Å²) in [6, 6.07) is 8.90. The molecule has 0 aliphatic heterocycles. The van der Waals surface area contributed by atoms with Gasteiger partial charge < -0.3 is 4.74 Å². The quantitative estimate of drug-likeness (QED) is 0.268. The highest BCUT2D eigenvalue weighted by atomic mass is 19.1. The third kappa shape index (κ3) is 8.72. The van der Waals surface area contributed by atoms with Gasteiger partial charge in [0.15, 0.2) is 0 Å². The van der Waals surface area contributed by atoms with Gasteiger partial charge in [-0.1, -0.05) is 84.5 Å². The molecule has 0 N–H and O–H groups in total. The van der Waals surface area contributed by atoms with E-state index >= 15 is 0 Å². The summed E-state index contributed by atoms with van der Waals surface area (Å²) in [6.45, 7) is 5.01. The van der Waals surface area contributed by atoms with Gasteiger partial charge in [0.25, 0.3) is 0 Å². The summed E-state index contributed by atoms with van der Waals surface area (Å²) in [5, 5.41) is 8.71. The summed E-state index contributed by atoms with van der Waals surface area (Å²) < 4.78 is 20.1. The maximum Gasteiger partial charge on any atom is 0.136 e. The topological polar surface area (TPSA) is 35.0 Å². The molecule has 1 fully saturated rings. The molecule has 2 aromatic rings. The Labute approximate surface area is 200 Å². The zero-order valence-corrected chi connectivity index (χ0v) is 20.8. The van der Waals surface area contributed by atoms with Crippen molar-refractivity contribution >= 4 is 0 Å². The van der Waals surface area contributed by atoms with E-state index < -0.39 is 0 Å². The molecule has 0 radical (unpaired) electrons. The summed E-state index contributed by atoms with van der Waals surface area (Å²) in [4.78, 5) is 0. The van der Waals surface area contributed by atoms with Crippen molar-refractivity contribution in [3.63, 3.8) is 0 Å².